The van der Waals surface area contributed by atoms with Crippen molar-refractivity contribution < 1.29 is 14.3 Å². The third kappa shape index (κ3) is 6.77. The van der Waals surface area contributed by atoms with Crippen LogP contribution < -0.4 is 15.8 Å². The maximum Gasteiger partial charge on any atom is 0.251 e. The molecule has 0 radical (unpaired) electrons. The van der Waals surface area contributed by atoms with Gasteiger partial charge in [0.2, 0.25) is 0 Å². The second-order valence-electron chi connectivity index (χ2n) is 5.36. The van der Waals surface area contributed by atoms with Crippen LogP contribution in [0.4, 0.5) is 0 Å². The lowest BCUT2D eigenvalue weighted by molar-refractivity contribution is 0.0895. The van der Waals surface area contributed by atoms with E-state index in [4.69, 9.17) is 15.2 Å². The van der Waals surface area contributed by atoms with Gasteiger partial charge in [-0.05, 0) is 37.1 Å². The smallest absolute Gasteiger partial charge is 0.251 e. The van der Waals surface area contributed by atoms with Crippen molar-refractivity contribution in [2.75, 3.05) is 26.9 Å². The second kappa shape index (κ2) is 11.3. The number of ether oxygens (including phenoxy) is 2. The van der Waals surface area contributed by atoms with E-state index in [0.717, 1.165) is 25.0 Å². The molecule has 1 amide bonds. The van der Waals surface area contributed by atoms with Gasteiger partial charge in [0.1, 0.15) is 5.75 Å². The van der Waals surface area contributed by atoms with Crippen molar-refractivity contribution >= 4 is 18.3 Å². The summed E-state index contributed by atoms with van der Waals surface area (Å²) in [6, 6.07) is 7.16. The third-order valence-corrected chi connectivity index (χ3v) is 4.00. The van der Waals surface area contributed by atoms with Crippen molar-refractivity contribution in [3.63, 3.8) is 0 Å². The normalized spacial score (nSPS) is 10.8. The average molecular weight is 345 g/mol. The highest BCUT2D eigenvalue weighted by Gasteiger charge is 2.26. The van der Waals surface area contributed by atoms with Crippen molar-refractivity contribution in [2.24, 2.45) is 5.73 Å². The summed E-state index contributed by atoms with van der Waals surface area (Å²) < 4.78 is 10.5. The molecule has 0 saturated heterocycles. The minimum atomic E-state index is -0.327. The van der Waals surface area contributed by atoms with E-state index in [0.29, 0.717) is 25.3 Å². The predicted octanol–water partition coefficient (Wildman–Crippen LogP) is 2.77. The van der Waals surface area contributed by atoms with E-state index < -0.39 is 0 Å². The van der Waals surface area contributed by atoms with Crippen LogP contribution >= 0.6 is 12.4 Å². The van der Waals surface area contributed by atoms with Gasteiger partial charge in [0.15, 0.2) is 0 Å². The number of nitrogens with one attached hydrogen (secondary N) is 1. The van der Waals surface area contributed by atoms with E-state index in [1.54, 1.807) is 19.2 Å². The Morgan fingerprint density at radius 1 is 1.17 bits per heavy atom. The van der Waals surface area contributed by atoms with Gasteiger partial charge in [0, 0.05) is 32.2 Å². The summed E-state index contributed by atoms with van der Waals surface area (Å²) in [5.74, 6) is 0.656. The van der Waals surface area contributed by atoms with E-state index in [-0.39, 0.29) is 23.9 Å². The molecule has 0 aliphatic carbocycles. The maximum absolute atomic E-state index is 12.3. The molecule has 0 atom stereocenters. The van der Waals surface area contributed by atoms with Crippen LogP contribution in [0.1, 0.15) is 43.5 Å². The van der Waals surface area contributed by atoms with Gasteiger partial charge in [-0.15, -0.1) is 12.4 Å². The van der Waals surface area contributed by atoms with Crippen LogP contribution in [0.25, 0.3) is 0 Å². The fourth-order valence-electron chi connectivity index (χ4n) is 2.18. The highest BCUT2D eigenvalue weighted by Crippen LogP contribution is 2.16. The lowest BCUT2D eigenvalue weighted by atomic mass is 9.92. The summed E-state index contributed by atoms with van der Waals surface area (Å²) in [6.45, 7) is 5.78. The van der Waals surface area contributed by atoms with Gasteiger partial charge in [-0.2, -0.15) is 0 Å². The van der Waals surface area contributed by atoms with Gasteiger partial charge in [0.25, 0.3) is 5.91 Å². The molecule has 0 aliphatic rings. The number of amides is 1. The van der Waals surface area contributed by atoms with E-state index in [2.05, 4.69) is 5.32 Å². The summed E-state index contributed by atoms with van der Waals surface area (Å²) in [5, 5.41) is 3.05. The van der Waals surface area contributed by atoms with Crippen molar-refractivity contribution in [1.29, 1.82) is 0 Å². The summed E-state index contributed by atoms with van der Waals surface area (Å²) in [6.07, 6.45) is 2.46. The monoisotopic (exact) mass is 344 g/mol. The van der Waals surface area contributed by atoms with Gasteiger partial charge in [0.05, 0.1) is 12.1 Å². The molecule has 5 nitrogen and oxygen atoms in total. The first kappa shape index (κ1) is 21.7. The average Bonchev–Trinajstić information content (AvgIpc) is 2.57. The summed E-state index contributed by atoms with van der Waals surface area (Å²) in [7, 11) is 1.67. The van der Waals surface area contributed by atoms with E-state index in [1.807, 2.05) is 26.0 Å². The Balaban J connectivity index is 0.00000484. The van der Waals surface area contributed by atoms with Crippen molar-refractivity contribution in [1.82, 2.24) is 5.32 Å². The topological polar surface area (TPSA) is 73.6 Å². The van der Waals surface area contributed by atoms with Crippen LogP contribution in [-0.4, -0.2) is 38.3 Å². The molecule has 0 heterocycles. The number of nitrogens with two attached hydrogens (primary N) is 1. The van der Waals surface area contributed by atoms with Crippen molar-refractivity contribution in [2.45, 2.75) is 38.6 Å². The van der Waals surface area contributed by atoms with Crippen LogP contribution in [0, 0.1) is 0 Å². The Labute approximate surface area is 145 Å². The molecule has 0 aliphatic heterocycles. The Morgan fingerprint density at radius 3 is 2.26 bits per heavy atom. The van der Waals surface area contributed by atoms with Crippen molar-refractivity contribution in [3.05, 3.63) is 29.8 Å². The molecule has 132 valence electrons. The van der Waals surface area contributed by atoms with E-state index in [1.165, 1.54) is 0 Å². The molecule has 0 bridgehead atoms. The molecule has 3 N–H and O–H groups in total. The van der Waals surface area contributed by atoms with Gasteiger partial charge in [-0.25, -0.2) is 0 Å². The highest BCUT2D eigenvalue weighted by atomic mass is 35.5. The Hall–Kier alpha value is -1.30. The number of hydrogen-bond acceptors (Lipinski definition) is 4. The molecule has 6 heteroatoms. The standard InChI is InChI=1S/C17H28N2O3.ClH/c1-4-17(5-2,13-18)19-16(20)14-7-9-15(10-8-14)22-12-6-11-21-3;/h7-10H,4-6,11-13,18H2,1-3H3,(H,19,20);1H. The zero-order valence-electron chi connectivity index (χ0n) is 14.3. The largest absolute Gasteiger partial charge is 0.494 e. The van der Waals surface area contributed by atoms with E-state index >= 15 is 0 Å². The first-order valence-corrected chi connectivity index (χ1v) is 7.85. The summed E-state index contributed by atoms with van der Waals surface area (Å²) in [4.78, 5) is 12.3. The predicted molar refractivity (Wildman–Crippen MR) is 95.5 cm³/mol. The lowest BCUT2D eigenvalue weighted by Gasteiger charge is -2.31. The minimum absolute atomic E-state index is 0. The first-order chi connectivity index (χ1) is 10.6. The third-order valence-electron chi connectivity index (χ3n) is 4.00. The van der Waals surface area contributed by atoms with Crippen LogP contribution in [-0.2, 0) is 4.74 Å². The van der Waals surface area contributed by atoms with Gasteiger partial charge in [-0.1, -0.05) is 13.8 Å². The molecular formula is C17H29ClN2O3. The van der Waals surface area contributed by atoms with Crippen LogP contribution in [0.3, 0.4) is 0 Å². The SMILES string of the molecule is CCC(CC)(CN)NC(=O)c1ccc(OCCCOC)cc1.Cl. The maximum atomic E-state index is 12.3. The summed E-state index contributed by atoms with van der Waals surface area (Å²) >= 11 is 0. The Morgan fingerprint density at radius 2 is 1.78 bits per heavy atom. The fraction of sp³-hybridized carbons (Fsp3) is 0.588. The van der Waals surface area contributed by atoms with Gasteiger partial charge in [-0.3, -0.25) is 4.79 Å². The molecule has 0 saturated carbocycles. The number of carbonyl (C=O) groups is 1. The van der Waals surface area contributed by atoms with Gasteiger partial charge < -0.3 is 20.5 Å². The number of halogens is 1. The highest BCUT2D eigenvalue weighted by molar-refractivity contribution is 5.94. The molecular weight excluding hydrogens is 316 g/mol. The molecule has 23 heavy (non-hydrogen) atoms. The molecule has 1 aromatic carbocycles. The number of rotatable bonds is 10. The summed E-state index contributed by atoms with van der Waals surface area (Å²) in [5.41, 5.74) is 6.10. The first-order valence-electron chi connectivity index (χ1n) is 7.85. The van der Waals surface area contributed by atoms with Crippen LogP contribution in [0.5, 0.6) is 5.75 Å². The molecule has 0 fully saturated rings. The Bertz CT molecular complexity index is 439. The van der Waals surface area contributed by atoms with E-state index in [9.17, 15) is 4.79 Å². The minimum Gasteiger partial charge on any atom is -0.494 e. The quantitative estimate of drug-likeness (QED) is 0.640. The number of benzene rings is 1. The molecule has 0 spiro atoms. The number of carbonyl (C=O) groups excluding carboxylic acids is 1. The zero-order chi connectivity index (χ0) is 16.4. The van der Waals surface area contributed by atoms with Crippen molar-refractivity contribution in [3.8, 4) is 5.75 Å². The second-order valence-corrected chi connectivity index (χ2v) is 5.36. The molecule has 1 rings (SSSR count). The number of methoxy groups -OCH3 is 1. The molecule has 0 aromatic heterocycles. The molecule has 0 unspecified atom stereocenters. The van der Waals surface area contributed by atoms with Gasteiger partial charge >= 0.3 is 0 Å². The molecule has 1 aromatic rings. The lowest BCUT2D eigenvalue weighted by Crippen LogP contribution is -2.52. The zero-order valence-corrected chi connectivity index (χ0v) is 15.1. The fourth-order valence-corrected chi connectivity index (χ4v) is 2.18. The number of hydrogen-bond donors (Lipinski definition) is 2. The van der Waals surface area contributed by atoms with Crippen LogP contribution in [0.15, 0.2) is 24.3 Å². The van der Waals surface area contributed by atoms with Crippen LogP contribution in [0.2, 0.25) is 0 Å². The Kier molecular flexibility index (Phi) is 10.6.